The van der Waals surface area contributed by atoms with E-state index in [1.807, 2.05) is 5.32 Å². The quantitative estimate of drug-likeness (QED) is 0.578. The lowest BCUT2D eigenvalue weighted by Gasteiger charge is -2.08. The topological polar surface area (TPSA) is 127 Å². The number of esters is 1. The first kappa shape index (κ1) is 21.3. The summed E-state index contributed by atoms with van der Waals surface area (Å²) in [6, 6.07) is 6.79. The molecule has 9 nitrogen and oxygen atoms in total. The monoisotopic (exact) mass is 427 g/mol. The zero-order valence-electron chi connectivity index (χ0n) is 14.3. The van der Waals surface area contributed by atoms with Crippen molar-refractivity contribution in [2.45, 2.75) is 6.54 Å². The van der Waals surface area contributed by atoms with E-state index < -0.39 is 37.0 Å². The average Bonchev–Trinajstić information content (AvgIpc) is 3.16. The van der Waals surface area contributed by atoms with Gasteiger partial charge in [0.25, 0.3) is 11.8 Å². The molecule has 0 atom stereocenters. The number of furan rings is 1. The summed E-state index contributed by atoms with van der Waals surface area (Å²) in [5.74, 6) is -1.81. The fourth-order valence-corrected chi connectivity index (χ4v) is 2.40. The molecule has 28 heavy (non-hydrogen) atoms. The van der Waals surface area contributed by atoms with Crippen molar-refractivity contribution >= 4 is 47.0 Å². The minimum Gasteiger partial charge on any atom is -0.467 e. The maximum absolute atomic E-state index is 11.9. The van der Waals surface area contributed by atoms with Crippen molar-refractivity contribution in [1.29, 1.82) is 0 Å². The predicted octanol–water partition coefficient (Wildman–Crippen LogP) is 1.89. The Labute approximate surface area is 169 Å². The van der Waals surface area contributed by atoms with E-state index in [0.717, 1.165) is 0 Å². The third-order valence-electron chi connectivity index (χ3n) is 3.19. The van der Waals surface area contributed by atoms with Crippen LogP contribution in [0.1, 0.15) is 16.1 Å². The van der Waals surface area contributed by atoms with E-state index in [2.05, 4.69) is 15.4 Å². The summed E-state index contributed by atoms with van der Waals surface area (Å²) in [6.45, 7) is -1.09. The number of rotatable bonds is 7. The minimum absolute atomic E-state index is 0.0885. The number of carbonyl (C=O) groups is 4. The van der Waals surface area contributed by atoms with Crippen LogP contribution in [0.4, 0.5) is 4.79 Å². The van der Waals surface area contributed by atoms with Gasteiger partial charge in [-0.25, -0.2) is 4.79 Å². The lowest BCUT2D eigenvalue weighted by atomic mass is 10.2. The molecule has 3 N–H and O–H groups in total. The van der Waals surface area contributed by atoms with Crippen LogP contribution in [0.15, 0.2) is 41.0 Å². The van der Waals surface area contributed by atoms with Crippen LogP contribution >= 0.6 is 23.2 Å². The van der Waals surface area contributed by atoms with Crippen LogP contribution < -0.4 is 16.0 Å². The summed E-state index contributed by atoms with van der Waals surface area (Å²) in [6.07, 6.45) is 1.44. The smallest absolute Gasteiger partial charge is 0.325 e. The fourth-order valence-electron chi connectivity index (χ4n) is 1.91. The number of benzene rings is 1. The Morgan fingerprint density at radius 1 is 1.07 bits per heavy atom. The number of halogens is 2. The van der Waals surface area contributed by atoms with Crippen LogP contribution in [0.5, 0.6) is 0 Å². The SMILES string of the molecule is O=C(COC(=O)CNC(=O)c1ccc(Cl)cc1Cl)NC(=O)NCc1ccco1. The maximum Gasteiger partial charge on any atom is 0.325 e. The van der Waals surface area contributed by atoms with Crippen LogP contribution in [0, 0.1) is 0 Å². The Morgan fingerprint density at radius 3 is 2.54 bits per heavy atom. The van der Waals surface area contributed by atoms with Crippen molar-refractivity contribution in [1.82, 2.24) is 16.0 Å². The van der Waals surface area contributed by atoms with Gasteiger partial charge in [-0.05, 0) is 30.3 Å². The van der Waals surface area contributed by atoms with Crippen molar-refractivity contribution in [2.75, 3.05) is 13.2 Å². The van der Waals surface area contributed by atoms with Gasteiger partial charge in [0.15, 0.2) is 6.61 Å². The third-order valence-corrected chi connectivity index (χ3v) is 3.74. The van der Waals surface area contributed by atoms with Gasteiger partial charge in [-0.15, -0.1) is 0 Å². The van der Waals surface area contributed by atoms with Crippen molar-refractivity contribution in [3.05, 3.63) is 58.0 Å². The largest absolute Gasteiger partial charge is 0.467 e. The number of nitrogens with one attached hydrogen (secondary N) is 3. The van der Waals surface area contributed by atoms with E-state index in [9.17, 15) is 19.2 Å². The molecule has 11 heteroatoms. The summed E-state index contributed by atoms with van der Waals surface area (Å²) in [5, 5.41) is 7.14. The van der Waals surface area contributed by atoms with E-state index in [0.29, 0.717) is 10.8 Å². The molecule has 1 heterocycles. The van der Waals surface area contributed by atoms with Gasteiger partial charge in [-0.1, -0.05) is 23.2 Å². The van der Waals surface area contributed by atoms with E-state index in [4.69, 9.17) is 27.6 Å². The maximum atomic E-state index is 11.9. The summed E-state index contributed by atoms with van der Waals surface area (Å²) in [4.78, 5) is 46.6. The summed E-state index contributed by atoms with van der Waals surface area (Å²) in [7, 11) is 0. The van der Waals surface area contributed by atoms with Gasteiger partial charge in [-0.2, -0.15) is 0 Å². The standard InChI is InChI=1S/C17H15Cl2N3O6/c18-10-3-4-12(13(19)6-10)16(25)20-8-15(24)28-9-14(23)22-17(26)21-7-11-2-1-5-27-11/h1-6H,7-9H2,(H,20,25)(H2,21,22,23,26). The zero-order valence-corrected chi connectivity index (χ0v) is 15.8. The molecule has 0 aliphatic carbocycles. The molecule has 0 saturated carbocycles. The molecule has 0 radical (unpaired) electrons. The first-order valence-electron chi connectivity index (χ1n) is 7.84. The van der Waals surface area contributed by atoms with Crippen molar-refractivity contribution in [3.63, 3.8) is 0 Å². The minimum atomic E-state index is -0.871. The number of hydrogen-bond acceptors (Lipinski definition) is 6. The van der Waals surface area contributed by atoms with E-state index in [-0.39, 0.29) is 17.1 Å². The van der Waals surface area contributed by atoms with Crippen molar-refractivity contribution in [2.24, 2.45) is 0 Å². The predicted molar refractivity (Wildman–Crippen MR) is 98.8 cm³/mol. The first-order valence-corrected chi connectivity index (χ1v) is 8.59. The molecule has 0 unspecified atom stereocenters. The summed E-state index contributed by atoms with van der Waals surface area (Å²) >= 11 is 11.6. The molecule has 0 aliphatic rings. The van der Waals surface area contributed by atoms with Crippen LogP contribution in [-0.4, -0.2) is 37.0 Å². The highest BCUT2D eigenvalue weighted by molar-refractivity contribution is 6.36. The molecule has 0 fully saturated rings. The molecular formula is C17H15Cl2N3O6. The van der Waals surface area contributed by atoms with E-state index in [1.165, 1.54) is 24.5 Å². The molecule has 0 bridgehead atoms. The zero-order chi connectivity index (χ0) is 20.5. The molecule has 2 rings (SSSR count). The molecule has 1 aromatic heterocycles. The Morgan fingerprint density at radius 2 is 1.86 bits per heavy atom. The van der Waals surface area contributed by atoms with Crippen molar-refractivity contribution < 1.29 is 28.3 Å². The number of carbonyl (C=O) groups excluding carboxylic acids is 4. The number of amides is 4. The van der Waals surface area contributed by atoms with E-state index in [1.54, 1.807) is 12.1 Å². The molecule has 0 saturated heterocycles. The van der Waals surface area contributed by atoms with Gasteiger partial charge in [-0.3, -0.25) is 19.7 Å². The van der Waals surface area contributed by atoms with Gasteiger partial charge in [0.2, 0.25) is 0 Å². The van der Waals surface area contributed by atoms with Crippen LogP contribution in [0.25, 0.3) is 0 Å². The number of urea groups is 1. The van der Waals surface area contributed by atoms with Crippen molar-refractivity contribution in [3.8, 4) is 0 Å². The van der Waals surface area contributed by atoms with Gasteiger partial charge in [0.1, 0.15) is 12.3 Å². The molecule has 148 valence electrons. The molecule has 0 spiro atoms. The summed E-state index contributed by atoms with van der Waals surface area (Å²) < 4.78 is 9.69. The third kappa shape index (κ3) is 6.93. The highest BCUT2D eigenvalue weighted by atomic mass is 35.5. The Hall–Kier alpha value is -3.04. The second-order valence-electron chi connectivity index (χ2n) is 5.28. The molecule has 1 aromatic carbocycles. The van der Waals surface area contributed by atoms with Crippen LogP contribution in [-0.2, 0) is 20.9 Å². The van der Waals surface area contributed by atoms with Crippen LogP contribution in [0.3, 0.4) is 0 Å². The Kier molecular flexibility index (Phi) is 7.85. The first-order chi connectivity index (χ1) is 13.3. The number of ether oxygens (including phenoxy) is 1. The second-order valence-corrected chi connectivity index (χ2v) is 6.12. The van der Waals surface area contributed by atoms with Gasteiger partial charge >= 0.3 is 12.0 Å². The lowest BCUT2D eigenvalue weighted by molar-refractivity contribution is -0.147. The lowest BCUT2D eigenvalue weighted by Crippen LogP contribution is -2.41. The highest BCUT2D eigenvalue weighted by Crippen LogP contribution is 2.20. The summed E-state index contributed by atoms with van der Waals surface area (Å²) in [5.41, 5.74) is 0.129. The normalized spacial score (nSPS) is 10.1. The molecule has 4 amide bonds. The number of imide groups is 1. The molecule has 0 aliphatic heterocycles. The van der Waals surface area contributed by atoms with Crippen LogP contribution in [0.2, 0.25) is 10.0 Å². The fraction of sp³-hybridized carbons (Fsp3) is 0.176. The molecule has 2 aromatic rings. The Balaban J connectivity index is 1.66. The Bertz CT molecular complexity index is 870. The average molecular weight is 428 g/mol. The molecular weight excluding hydrogens is 413 g/mol. The van der Waals surface area contributed by atoms with E-state index >= 15 is 0 Å². The van der Waals surface area contributed by atoms with Gasteiger partial charge < -0.3 is 19.8 Å². The number of hydrogen-bond donors (Lipinski definition) is 3. The van der Waals surface area contributed by atoms with Gasteiger partial charge in [0.05, 0.1) is 23.4 Å². The highest BCUT2D eigenvalue weighted by Gasteiger charge is 2.14. The van der Waals surface area contributed by atoms with Gasteiger partial charge in [0, 0.05) is 5.02 Å². The second kappa shape index (κ2) is 10.3.